The zero-order valence-electron chi connectivity index (χ0n) is 11.0. The molecule has 0 amide bonds. The Hall–Kier alpha value is -1.57. The number of aryl methyl sites for hydroxylation is 1. The number of rotatable bonds is 3. The average Bonchev–Trinajstić information content (AvgIpc) is 2.83. The van der Waals surface area contributed by atoms with Gasteiger partial charge in [-0.3, -0.25) is 4.79 Å². The molecule has 2 N–H and O–H groups in total. The fourth-order valence-corrected chi connectivity index (χ4v) is 3.87. The van der Waals surface area contributed by atoms with Crippen LogP contribution in [0.5, 0.6) is 0 Å². The van der Waals surface area contributed by atoms with Gasteiger partial charge >= 0.3 is 0 Å². The molecule has 0 unspecified atom stereocenters. The minimum Gasteiger partial charge on any atom is -0.398 e. The third kappa shape index (κ3) is 3.04. The van der Waals surface area contributed by atoms with Crippen LogP contribution in [0.3, 0.4) is 0 Å². The van der Waals surface area contributed by atoms with Gasteiger partial charge < -0.3 is 5.73 Å². The highest BCUT2D eigenvalue weighted by Crippen LogP contribution is 2.29. The van der Waals surface area contributed by atoms with Crippen LogP contribution in [0.1, 0.15) is 10.7 Å². The van der Waals surface area contributed by atoms with E-state index in [2.05, 4.69) is 10.1 Å². The van der Waals surface area contributed by atoms with Gasteiger partial charge in [-0.25, -0.2) is 4.98 Å². The molecule has 0 saturated carbocycles. The molecular weight excluding hydrogens is 328 g/mol. The number of hydrogen-bond acceptors (Lipinski definition) is 6. The second-order valence-electron chi connectivity index (χ2n) is 4.40. The van der Waals surface area contributed by atoms with Crippen molar-refractivity contribution in [1.82, 2.24) is 14.6 Å². The smallest absolute Gasteiger partial charge is 0.275 e. The van der Waals surface area contributed by atoms with E-state index < -0.39 is 0 Å². The Morgan fingerprint density at radius 3 is 3.00 bits per heavy atom. The Bertz CT molecular complexity index is 874. The van der Waals surface area contributed by atoms with Crippen LogP contribution in [0, 0.1) is 6.92 Å². The van der Waals surface area contributed by atoms with Crippen molar-refractivity contribution < 1.29 is 0 Å². The van der Waals surface area contributed by atoms with Crippen LogP contribution in [0.15, 0.2) is 34.0 Å². The first-order valence-electron chi connectivity index (χ1n) is 6.07. The third-order valence-electron chi connectivity index (χ3n) is 2.75. The van der Waals surface area contributed by atoms with E-state index in [0.29, 0.717) is 27.1 Å². The van der Waals surface area contributed by atoms with Crippen LogP contribution in [0.25, 0.3) is 4.96 Å². The van der Waals surface area contributed by atoms with Crippen LogP contribution in [0.4, 0.5) is 5.69 Å². The predicted octanol–water partition coefficient (Wildman–Crippen LogP) is 2.99. The number of anilines is 1. The molecule has 0 atom stereocenters. The Morgan fingerprint density at radius 1 is 1.43 bits per heavy atom. The first-order valence-corrected chi connectivity index (χ1v) is 8.25. The standard InChI is InChI=1S/C13H11ClN4OS2/c1-7-4-12(19)18-13(16-7)21-11(17-18)6-20-8-2-3-10(15)9(14)5-8/h2-5H,6,15H2,1H3. The molecule has 0 saturated heterocycles. The minimum atomic E-state index is -0.152. The van der Waals surface area contributed by atoms with Crippen molar-refractivity contribution in [1.29, 1.82) is 0 Å². The molecule has 0 aliphatic rings. The van der Waals surface area contributed by atoms with Crippen LogP contribution in [0.2, 0.25) is 5.02 Å². The summed E-state index contributed by atoms with van der Waals surface area (Å²) in [6.45, 7) is 1.80. The molecular formula is C13H11ClN4OS2. The summed E-state index contributed by atoms with van der Waals surface area (Å²) >= 11 is 8.99. The number of aromatic nitrogens is 3. The van der Waals surface area contributed by atoms with Crippen LogP contribution in [-0.2, 0) is 5.75 Å². The molecule has 3 rings (SSSR count). The fraction of sp³-hybridized carbons (Fsp3) is 0.154. The van der Waals surface area contributed by atoms with Crippen molar-refractivity contribution in [2.24, 2.45) is 0 Å². The maximum atomic E-state index is 11.8. The number of nitrogens with two attached hydrogens (primary N) is 1. The zero-order chi connectivity index (χ0) is 15.0. The molecule has 0 fully saturated rings. The monoisotopic (exact) mass is 338 g/mol. The van der Waals surface area contributed by atoms with Crippen molar-refractivity contribution in [3.05, 3.63) is 50.3 Å². The molecule has 0 spiro atoms. The second-order valence-corrected chi connectivity index (χ2v) is 6.89. The van der Waals surface area contributed by atoms with E-state index in [0.717, 1.165) is 9.90 Å². The highest BCUT2D eigenvalue weighted by molar-refractivity contribution is 7.98. The lowest BCUT2D eigenvalue weighted by Crippen LogP contribution is -2.14. The van der Waals surface area contributed by atoms with Crippen LogP contribution in [-0.4, -0.2) is 14.6 Å². The summed E-state index contributed by atoms with van der Waals surface area (Å²) in [5.74, 6) is 0.646. The summed E-state index contributed by atoms with van der Waals surface area (Å²) < 4.78 is 1.34. The quantitative estimate of drug-likeness (QED) is 0.587. The fourth-order valence-electron chi connectivity index (χ4n) is 1.76. The van der Waals surface area contributed by atoms with Crippen molar-refractivity contribution in [2.45, 2.75) is 17.6 Å². The summed E-state index contributed by atoms with van der Waals surface area (Å²) in [4.78, 5) is 17.7. The Morgan fingerprint density at radius 2 is 2.24 bits per heavy atom. The number of fused-ring (bicyclic) bond motifs is 1. The lowest BCUT2D eigenvalue weighted by atomic mass is 10.3. The molecule has 2 heterocycles. The van der Waals surface area contributed by atoms with Crippen LogP contribution >= 0.6 is 34.7 Å². The topological polar surface area (TPSA) is 73.3 Å². The molecule has 108 valence electrons. The van der Waals surface area contributed by atoms with Gasteiger partial charge in [-0.2, -0.15) is 9.61 Å². The van der Waals surface area contributed by atoms with Gasteiger partial charge in [0.05, 0.1) is 16.5 Å². The normalized spacial score (nSPS) is 11.1. The molecule has 0 bridgehead atoms. The average molecular weight is 339 g/mol. The number of nitrogens with zero attached hydrogens (tertiary/aromatic N) is 3. The highest BCUT2D eigenvalue weighted by atomic mass is 35.5. The maximum Gasteiger partial charge on any atom is 0.275 e. The van der Waals surface area contributed by atoms with E-state index in [-0.39, 0.29) is 5.56 Å². The van der Waals surface area contributed by atoms with E-state index in [1.165, 1.54) is 21.9 Å². The predicted molar refractivity (Wildman–Crippen MR) is 87.3 cm³/mol. The Balaban J connectivity index is 1.83. The molecule has 1 aromatic carbocycles. The van der Waals surface area contributed by atoms with Gasteiger partial charge in [0.1, 0.15) is 5.01 Å². The number of halogens is 1. The minimum absolute atomic E-state index is 0.152. The number of nitrogen functional groups attached to an aromatic ring is 1. The third-order valence-corrected chi connectivity index (χ3v) is 5.17. The van der Waals surface area contributed by atoms with Gasteiger partial charge in [0, 0.05) is 16.7 Å². The van der Waals surface area contributed by atoms with E-state index in [1.54, 1.807) is 24.8 Å². The Labute approximate surface area is 133 Å². The summed E-state index contributed by atoms with van der Waals surface area (Å²) in [5.41, 5.74) is 6.79. The molecule has 0 aliphatic carbocycles. The van der Waals surface area contributed by atoms with Crippen molar-refractivity contribution in [3.8, 4) is 0 Å². The van der Waals surface area contributed by atoms with Gasteiger partial charge in [0.15, 0.2) is 0 Å². The molecule has 0 radical (unpaired) electrons. The first-order chi connectivity index (χ1) is 10.0. The van der Waals surface area contributed by atoms with E-state index in [1.807, 2.05) is 12.1 Å². The molecule has 0 aliphatic heterocycles. The van der Waals surface area contributed by atoms with E-state index in [4.69, 9.17) is 17.3 Å². The van der Waals surface area contributed by atoms with E-state index >= 15 is 0 Å². The lowest BCUT2D eigenvalue weighted by Gasteiger charge is -2.01. The van der Waals surface area contributed by atoms with E-state index in [9.17, 15) is 4.79 Å². The van der Waals surface area contributed by atoms with Gasteiger partial charge in [-0.05, 0) is 25.1 Å². The van der Waals surface area contributed by atoms with Gasteiger partial charge in [-0.15, -0.1) is 11.8 Å². The summed E-state index contributed by atoms with van der Waals surface area (Å²) in [6.07, 6.45) is 0. The van der Waals surface area contributed by atoms with Crippen molar-refractivity contribution in [2.75, 3.05) is 5.73 Å². The number of thioether (sulfide) groups is 1. The zero-order valence-corrected chi connectivity index (χ0v) is 13.4. The SMILES string of the molecule is Cc1cc(=O)n2nc(CSc3ccc(N)c(Cl)c3)sc2n1. The summed E-state index contributed by atoms with van der Waals surface area (Å²) in [6, 6.07) is 6.99. The summed E-state index contributed by atoms with van der Waals surface area (Å²) in [5, 5.41) is 5.67. The lowest BCUT2D eigenvalue weighted by molar-refractivity contribution is 0.870. The molecule has 8 heteroatoms. The number of benzene rings is 1. The molecule has 21 heavy (non-hydrogen) atoms. The highest BCUT2D eigenvalue weighted by Gasteiger charge is 2.08. The van der Waals surface area contributed by atoms with Gasteiger partial charge in [0.2, 0.25) is 4.96 Å². The Kier molecular flexibility index (Phi) is 3.88. The summed E-state index contributed by atoms with van der Waals surface area (Å²) in [7, 11) is 0. The molecule has 5 nitrogen and oxygen atoms in total. The van der Waals surface area contributed by atoms with Gasteiger partial charge in [-0.1, -0.05) is 22.9 Å². The molecule has 2 aromatic heterocycles. The van der Waals surface area contributed by atoms with Gasteiger partial charge in [0.25, 0.3) is 5.56 Å². The van der Waals surface area contributed by atoms with Crippen LogP contribution < -0.4 is 11.3 Å². The molecule has 3 aromatic rings. The van der Waals surface area contributed by atoms with Crippen molar-refractivity contribution in [3.63, 3.8) is 0 Å². The van der Waals surface area contributed by atoms with Crippen molar-refractivity contribution >= 4 is 45.3 Å². The maximum absolute atomic E-state index is 11.8. The second kappa shape index (κ2) is 5.67. The number of hydrogen-bond donors (Lipinski definition) is 1. The first kappa shape index (κ1) is 14.4. The largest absolute Gasteiger partial charge is 0.398 e.